The number of aryl methyl sites for hydroxylation is 1. The molecule has 3 aromatic rings. The summed E-state index contributed by atoms with van der Waals surface area (Å²) in [6.45, 7) is 3.72. The van der Waals surface area contributed by atoms with E-state index < -0.39 is 46.9 Å². The number of imide groups is 1. The summed E-state index contributed by atoms with van der Waals surface area (Å²) in [4.78, 5) is 56.7. The summed E-state index contributed by atoms with van der Waals surface area (Å²) in [6, 6.07) is 18.6. The summed E-state index contributed by atoms with van der Waals surface area (Å²) in [7, 11) is 0. The van der Waals surface area contributed by atoms with E-state index in [-0.39, 0.29) is 11.1 Å². The van der Waals surface area contributed by atoms with E-state index in [4.69, 9.17) is 16.3 Å². The highest BCUT2D eigenvalue weighted by atomic mass is 35.5. The maximum Gasteiger partial charge on any atom is 0.241 e. The zero-order valence-electron chi connectivity index (χ0n) is 18.9. The molecular weight excluding hydrogens is 466 g/mol. The zero-order chi connectivity index (χ0) is 24.6. The maximum absolute atomic E-state index is 14.0. The molecule has 0 bridgehead atoms. The topological polar surface area (TPSA) is 80.8 Å². The number of ketones is 2. The van der Waals surface area contributed by atoms with Gasteiger partial charge < -0.3 is 4.74 Å². The van der Waals surface area contributed by atoms with Crippen LogP contribution in [0.1, 0.15) is 43.5 Å². The first-order valence-corrected chi connectivity index (χ1v) is 11.7. The second-order valence-corrected chi connectivity index (χ2v) is 9.64. The Hall–Kier alpha value is -3.61. The van der Waals surface area contributed by atoms with Crippen LogP contribution in [0, 0.1) is 25.7 Å². The number of anilines is 1. The van der Waals surface area contributed by atoms with Crippen LogP contribution in [0.5, 0.6) is 0 Å². The molecule has 0 N–H and O–H groups in total. The first-order valence-electron chi connectivity index (χ1n) is 11.3. The second-order valence-electron chi connectivity index (χ2n) is 9.23. The lowest BCUT2D eigenvalue weighted by Gasteiger charge is -2.28. The highest BCUT2D eigenvalue weighted by Crippen LogP contribution is 2.58. The van der Waals surface area contributed by atoms with Crippen molar-refractivity contribution in [3.05, 3.63) is 99.6 Å². The quantitative estimate of drug-likeness (QED) is 0.390. The van der Waals surface area contributed by atoms with Crippen LogP contribution in [0.2, 0.25) is 5.02 Å². The lowest BCUT2D eigenvalue weighted by molar-refractivity contribution is -0.127. The van der Waals surface area contributed by atoms with Crippen LogP contribution in [0.3, 0.4) is 0 Å². The van der Waals surface area contributed by atoms with Crippen molar-refractivity contribution in [3.8, 4) is 0 Å². The van der Waals surface area contributed by atoms with E-state index in [2.05, 4.69) is 0 Å². The van der Waals surface area contributed by atoms with Gasteiger partial charge in [-0.2, -0.15) is 0 Å². The molecule has 3 aromatic carbocycles. The van der Waals surface area contributed by atoms with Crippen LogP contribution in [0.15, 0.2) is 66.7 Å². The van der Waals surface area contributed by atoms with Crippen LogP contribution in [0.25, 0.3) is 0 Å². The summed E-state index contributed by atoms with van der Waals surface area (Å²) < 4.78 is 6.28. The Morgan fingerprint density at radius 2 is 1.43 bits per heavy atom. The number of carbonyl (C=O) groups is 4. The van der Waals surface area contributed by atoms with E-state index in [0.29, 0.717) is 16.3 Å². The van der Waals surface area contributed by atoms with Gasteiger partial charge in [-0.05, 0) is 37.1 Å². The number of rotatable bonds is 2. The number of benzene rings is 3. The van der Waals surface area contributed by atoms with Crippen molar-refractivity contribution >= 4 is 40.7 Å². The Bertz CT molecular complexity index is 1440. The molecule has 3 atom stereocenters. The average Bonchev–Trinajstić information content (AvgIpc) is 3.41. The van der Waals surface area contributed by atoms with E-state index in [0.717, 1.165) is 16.0 Å². The lowest BCUT2D eigenvalue weighted by atomic mass is 9.77. The molecule has 2 heterocycles. The predicted molar refractivity (Wildman–Crippen MR) is 129 cm³/mol. The molecule has 2 fully saturated rings. The molecule has 2 saturated heterocycles. The number of nitrogens with zero attached hydrogens (tertiary/aromatic N) is 1. The van der Waals surface area contributed by atoms with Gasteiger partial charge in [0.2, 0.25) is 29.0 Å². The molecule has 0 aromatic heterocycles. The Kier molecular flexibility index (Phi) is 4.66. The van der Waals surface area contributed by atoms with Gasteiger partial charge in [0, 0.05) is 21.7 Å². The minimum absolute atomic E-state index is 0.196. The van der Waals surface area contributed by atoms with Crippen molar-refractivity contribution in [2.24, 2.45) is 11.8 Å². The molecule has 6 nitrogen and oxygen atoms in total. The predicted octanol–water partition coefficient (Wildman–Crippen LogP) is 4.65. The van der Waals surface area contributed by atoms with Gasteiger partial charge in [0.25, 0.3) is 0 Å². The SMILES string of the molecule is Cc1cccc(N2C(=O)[C@@H]3[C@@H](C2=O)C2(O[C@H]3c3ccccc3Cl)C(=O)c3ccccc3C2=O)c1C. The van der Waals surface area contributed by atoms with Gasteiger partial charge in [0.05, 0.1) is 23.6 Å². The Morgan fingerprint density at radius 1 is 0.800 bits per heavy atom. The van der Waals surface area contributed by atoms with E-state index >= 15 is 0 Å². The molecule has 0 saturated carbocycles. The average molecular weight is 486 g/mol. The number of halogens is 1. The van der Waals surface area contributed by atoms with Gasteiger partial charge in [-0.15, -0.1) is 0 Å². The molecule has 7 heteroatoms. The normalized spacial score (nSPS) is 24.4. The van der Waals surface area contributed by atoms with Gasteiger partial charge in [-0.3, -0.25) is 19.2 Å². The lowest BCUT2D eigenvalue weighted by Crippen LogP contribution is -2.51. The van der Waals surface area contributed by atoms with Crippen LogP contribution in [-0.4, -0.2) is 29.0 Å². The van der Waals surface area contributed by atoms with Gasteiger partial charge in [-0.1, -0.05) is 66.2 Å². The van der Waals surface area contributed by atoms with E-state index in [1.165, 1.54) is 0 Å². The van der Waals surface area contributed by atoms with E-state index in [1.54, 1.807) is 60.7 Å². The van der Waals surface area contributed by atoms with Crippen LogP contribution >= 0.6 is 11.6 Å². The molecule has 2 aliphatic heterocycles. The molecule has 1 aliphatic carbocycles. The monoisotopic (exact) mass is 485 g/mol. The van der Waals surface area contributed by atoms with Crippen molar-refractivity contribution in [1.29, 1.82) is 0 Å². The maximum atomic E-state index is 14.0. The summed E-state index contributed by atoms with van der Waals surface area (Å²) in [5.74, 6) is -4.68. The molecular formula is C28H20ClNO5. The number of fused-ring (bicyclic) bond motifs is 3. The minimum Gasteiger partial charge on any atom is -0.349 e. The standard InChI is InChI=1S/C28H20ClNO5/c1-14-8-7-13-20(15(14)2)30-26(33)21-22(27(30)34)28(35-23(21)18-11-5-6-12-19(18)29)24(31)16-9-3-4-10-17(16)25(28)32/h3-13,21-23H,1-2H3/t21-,22+,23+/m1/s1. The third kappa shape index (κ3) is 2.69. The fourth-order valence-corrected chi connectivity index (χ4v) is 5.96. The largest absolute Gasteiger partial charge is 0.349 e. The van der Waals surface area contributed by atoms with E-state index in [9.17, 15) is 19.2 Å². The van der Waals surface area contributed by atoms with Crippen molar-refractivity contribution in [2.75, 3.05) is 4.90 Å². The highest BCUT2D eigenvalue weighted by Gasteiger charge is 2.75. The van der Waals surface area contributed by atoms with Gasteiger partial charge >= 0.3 is 0 Å². The van der Waals surface area contributed by atoms with Crippen molar-refractivity contribution in [3.63, 3.8) is 0 Å². The Labute approximate surface area is 206 Å². The molecule has 35 heavy (non-hydrogen) atoms. The zero-order valence-corrected chi connectivity index (χ0v) is 19.7. The fraction of sp³-hybridized carbons (Fsp3) is 0.214. The number of hydrogen-bond acceptors (Lipinski definition) is 5. The molecule has 0 radical (unpaired) electrons. The molecule has 6 rings (SSSR count). The molecule has 0 unspecified atom stereocenters. The summed E-state index contributed by atoms with van der Waals surface area (Å²) in [5, 5.41) is 0.328. The van der Waals surface area contributed by atoms with Gasteiger partial charge in [0.15, 0.2) is 0 Å². The van der Waals surface area contributed by atoms with Crippen LogP contribution < -0.4 is 4.90 Å². The third-order valence-corrected chi connectivity index (χ3v) is 7.89. The molecule has 174 valence electrons. The number of ether oxygens (including phenoxy) is 1. The number of amides is 2. The van der Waals surface area contributed by atoms with Gasteiger partial charge in [-0.25, -0.2) is 4.90 Å². The Morgan fingerprint density at radius 3 is 2.09 bits per heavy atom. The van der Waals surface area contributed by atoms with Crippen molar-refractivity contribution in [2.45, 2.75) is 25.6 Å². The summed E-state index contributed by atoms with van der Waals surface area (Å²) in [5.41, 5.74) is 0.861. The first-order chi connectivity index (χ1) is 16.8. The Balaban J connectivity index is 1.58. The second kappa shape index (κ2) is 7.44. The fourth-order valence-electron chi connectivity index (χ4n) is 5.72. The molecule has 3 aliphatic rings. The number of hydrogen-bond donors (Lipinski definition) is 0. The number of Topliss-reactive ketones (excluding diaryl/α,β-unsaturated/α-hetero) is 2. The number of carbonyl (C=O) groups excluding carboxylic acids is 4. The van der Waals surface area contributed by atoms with Crippen molar-refractivity contribution < 1.29 is 23.9 Å². The van der Waals surface area contributed by atoms with Crippen LogP contribution in [-0.2, 0) is 14.3 Å². The third-order valence-electron chi connectivity index (χ3n) is 7.55. The van der Waals surface area contributed by atoms with E-state index in [1.807, 2.05) is 19.9 Å². The first kappa shape index (κ1) is 21.9. The smallest absolute Gasteiger partial charge is 0.241 e. The summed E-state index contributed by atoms with van der Waals surface area (Å²) in [6.07, 6.45) is -1.04. The minimum atomic E-state index is -2.11. The van der Waals surface area contributed by atoms with Crippen molar-refractivity contribution in [1.82, 2.24) is 0 Å². The van der Waals surface area contributed by atoms with Gasteiger partial charge in [0.1, 0.15) is 0 Å². The molecule has 2 amide bonds. The summed E-state index contributed by atoms with van der Waals surface area (Å²) >= 11 is 6.48. The highest BCUT2D eigenvalue weighted by molar-refractivity contribution is 6.37. The van der Waals surface area contributed by atoms with Crippen LogP contribution in [0.4, 0.5) is 5.69 Å². The molecule has 1 spiro atoms.